The Hall–Kier alpha value is -0.0800. The molecule has 1 unspecified atom stereocenters. The lowest BCUT2D eigenvalue weighted by Crippen LogP contribution is -2.56. The maximum atomic E-state index is 3.63. The van der Waals surface area contributed by atoms with E-state index in [-0.39, 0.29) is 0 Å². The average Bonchev–Trinajstić information content (AvgIpc) is 2.10. The summed E-state index contributed by atoms with van der Waals surface area (Å²) in [5.41, 5.74) is 0.510. The Morgan fingerprint density at radius 2 is 1.93 bits per heavy atom. The average molecular weight is 210 g/mol. The van der Waals surface area contributed by atoms with Gasteiger partial charge in [-0.1, -0.05) is 27.2 Å². The normalized spacial score (nSPS) is 30.2. The monoisotopic (exact) mass is 210 g/mol. The first kappa shape index (κ1) is 11.4. The van der Waals surface area contributed by atoms with E-state index < -0.39 is 0 Å². The van der Waals surface area contributed by atoms with Gasteiger partial charge in [0, 0.05) is 25.7 Å². The summed E-state index contributed by atoms with van der Waals surface area (Å²) in [6.07, 6.45) is 4.19. The van der Waals surface area contributed by atoms with Crippen molar-refractivity contribution in [2.45, 2.75) is 46.1 Å². The molecule has 1 atom stereocenters. The van der Waals surface area contributed by atoms with Crippen LogP contribution in [0.5, 0.6) is 0 Å². The Morgan fingerprint density at radius 3 is 2.47 bits per heavy atom. The van der Waals surface area contributed by atoms with E-state index in [2.05, 4.69) is 31.0 Å². The Bertz CT molecular complexity index is 195. The molecule has 0 aliphatic carbocycles. The summed E-state index contributed by atoms with van der Waals surface area (Å²) in [6, 6.07) is 0.777. The molecule has 0 bridgehead atoms. The van der Waals surface area contributed by atoms with Crippen molar-refractivity contribution in [1.82, 2.24) is 10.2 Å². The van der Waals surface area contributed by atoms with Crippen LogP contribution in [0.3, 0.4) is 0 Å². The van der Waals surface area contributed by atoms with Gasteiger partial charge in [-0.05, 0) is 30.7 Å². The minimum atomic E-state index is 0.510. The molecule has 0 amide bonds. The largest absolute Gasteiger partial charge is 0.313 e. The molecule has 15 heavy (non-hydrogen) atoms. The third-order valence-electron chi connectivity index (χ3n) is 4.07. The number of nitrogens with zero attached hydrogens (tertiary/aromatic N) is 1. The molecule has 0 aromatic carbocycles. The number of nitrogens with one attached hydrogen (secondary N) is 1. The molecule has 0 saturated carbocycles. The number of hydrogen-bond acceptors (Lipinski definition) is 2. The van der Waals surface area contributed by atoms with Gasteiger partial charge in [0.25, 0.3) is 0 Å². The van der Waals surface area contributed by atoms with Gasteiger partial charge in [0.2, 0.25) is 0 Å². The number of piperidine rings is 1. The van der Waals surface area contributed by atoms with E-state index in [0.29, 0.717) is 5.41 Å². The van der Waals surface area contributed by atoms with Crippen LogP contribution in [0, 0.1) is 11.3 Å². The van der Waals surface area contributed by atoms with E-state index in [0.717, 1.165) is 12.0 Å². The zero-order valence-electron chi connectivity index (χ0n) is 10.6. The van der Waals surface area contributed by atoms with Gasteiger partial charge < -0.3 is 10.2 Å². The molecule has 0 spiro atoms. The van der Waals surface area contributed by atoms with Crippen molar-refractivity contribution in [3.8, 4) is 0 Å². The van der Waals surface area contributed by atoms with Crippen LogP contribution in [0.2, 0.25) is 0 Å². The fourth-order valence-electron chi connectivity index (χ4n) is 2.66. The molecule has 2 saturated heterocycles. The smallest absolute Gasteiger partial charge is 0.0195 e. The van der Waals surface area contributed by atoms with E-state index in [1.165, 1.54) is 45.4 Å². The Morgan fingerprint density at radius 1 is 1.20 bits per heavy atom. The van der Waals surface area contributed by atoms with Crippen LogP contribution in [0.4, 0.5) is 0 Å². The Labute approximate surface area is 94.4 Å². The molecule has 0 radical (unpaired) electrons. The van der Waals surface area contributed by atoms with E-state index in [1.54, 1.807) is 0 Å². The fourth-order valence-corrected chi connectivity index (χ4v) is 2.66. The first-order valence-electron chi connectivity index (χ1n) is 6.51. The van der Waals surface area contributed by atoms with Gasteiger partial charge in [-0.2, -0.15) is 0 Å². The van der Waals surface area contributed by atoms with Gasteiger partial charge in [0.15, 0.2) is 0 Å². The number of hydrogen-bond donors (Lipinski definition) is 1. The third kappa shape index (κ3) is 2.94. The molecule has 2 aliphatic rings. The van der Waals surface area contributed by atoms with Gasteiger partial charge in [-0.3, -0.25) is 0 Å². The van der Waals surface area contributed by atoms with Gasteiger partial charge >= 0.3 is 0 Å². The van der Waals surface area contributed by atoms with E-state index in [1.807, 2.05) is 0 Å². The lowest BCUT2D eigenvalue weighted by atomic mass is 9.76. The van der Waals surface area contributed by atoms with Gasteiger partial charge in [0.1, 0.15) is 0 Å². The molecule has 0 aromatic heterocycles. The van der Waals surface area contributed by atoms with Crippen LogP contribution in [-0.2, 0) is 0 Å². The van der Waals surface area contributed by atoms with Crippen molar-refractivity contribution >= 4 is 0 Å². The van der Waals surface area contributed by atoms with Crippen molar-refractivity contribution in [1.29, 1.82) is 0 Å². The molecule has 2 aliphatic heterocycles. The summed E-state index contributed by atoms with van der Waals surface area (Å²) in [5.74, 6) is 0.918. The van der Waals surface area contributed by atoms with E-state index in [4.69, 9.17) is 0 Å². The topological polar surface area (TPSA) is 15.3 Å². The minimum Gasteiger partial charge on any atom is -0.313 e. The SMILES string of the molecule is CC(C)(C)C1CN(CC2CCCCN2)C1. The summed E-state index contributed by atoms with van der Waals surface area (Å²) < 4.78 is 0. The highest BCUT2D eigenvalue weighted by atomic mass is 15.2. The van der Waals surface area contributed by atoms with Gasteiger partial charge in [-0.25, -0.2) is 0 Å². The van der Waals surface area contributed by atoms with E-state index >= 15 is 0 Å². The van der Waals surface area contributed by atoms with Crippen LogP contribution in [0.15, 0.2) is 0 Å². The van der Waals surface area contributed by atoms with Crippen molar-refractivity contribution in [3.05, 3.63) is 0 Å². The van der Waals surface area contributed by atoms with Crippen molar-refractivity contribution in [2.75, 3.05) is 26.2 Å². The maximum absolute atomic E-state index is 3.63. The van der Waals surface area contributed by atoms with Crippen molar-refractivity contribution in [3.63, 3.8) is 0 Å². The highest BCUT2D eigenvalue weighted by molar-refractivity contribution is 4.90. The summed E-state index contributed by atoms with van der Waals surface area (Å²) in [6.45, 7) is 12.3. The second kappa shape index (κ2) is 4.42. The van der Waals surface area contributed by atoms with Crippen molar-refractivity contribution in [2.24, 2.45) is 11.3 Å². The molecule has 2 heteroatoms. The summed E-state index contributed by atoms with van der Waals surface area (Å²) in [4.78, 5) is 2.62. The zero-order valence-corrected chi connectivity index (χ0v) is 10.6. The molecule has 2 fully saturated rings. The van der Waals surface area contributed by atoms with Crippen LogP contribution in [-0.4, -0.2) is 37.1 Å². The quantitative estimate of drug-likeness (QED) is 0.751. The molecule has 88 valence electrons. The Balaban J connectivity index is 1.67. The number of rotatable bonds is 2. The molecular formula is C13H26N2. The predicted octanol–water partition coefficient (Wildman–Crippen LogP) is 2.11. The maximum Gasteiger partial charge on any atom is 0.0195 e. The molecular weight excluding hydrogens is 184 g/mol. The zero-order chi connectivity index (χ0) is 10.9. The first-order chi connectivity index (χ1) is 7.05. The molecule has 1 N–H and O–H groups in total. The third-order valence-corrected chi connectivity index (χ3v) is 4.07. The second-order valence-electron chi connectivity index (χ2n) is 6.43. The van der Waals surface area contributed by atoms with Crippen LogP contribution < -0.4 is 5.32 Å². The first-order valence-corrected chi connectivity index (χ1v) is 6.51. The molecule has 2 nitrogen and oxygen atoms in total. The summed E-state index contributed by atoms with van der Waals surface area (Å²) in [5, 5.41) is 3.63. The molecule has 2 heterocycles. The van der Waals surface area contributed by atoms with Crippen LogP contribution >= 0.6 is 0 Å². The highest BCUT2D eigenvalue weighted by Crippen LogP contribution is 2.33. The summed E-state index contributed by atoms with van der Waals surface area (Å²) in [7, 11) is 0. The van der Waals surface area contributed by atoms with Gasteiger partial charge in [-0.15, -0.1) is 0 Å². The molecule has 0 aromatic rings. The lowest BCUT2D eigenvalue weighted by molar-refractivity contribution is 0.0163. The summed E-state index contributed by atoms with van der Waals surface area (Å²) >= 11 is 0. The minimum absolute atomic E-state index is 0.510. The molecule has 2 rings (SSSR count). The van der Waals surface area contributed by atoms with Crippen LogP contribution in [0.25, 0.3) is 0 Å². The number of likely N-dealkylation sites (tertiary alicyclic amines) is 1. The standard InChI is InChI=1S/C13H26N2/c1-13(2,3)11-8-15(9-11)10-12-6-4-5-7-14-12/h11-12,14H,4-10H2,1-3H3. The predicted molar refractivity (Wildman–Crippen MR) is 65.0 cm³/mol. The van der Waals surface area contributed by atoms with E-state index in [9.17, 15) is 0 Å². The fraction of sp³-hybridized carbons (Fsp3) is 1.00. The Kier molecular flexibility index (Phi) is 3.36. The van der Waals surface area contributed by atoms with Crippen LogP contribution in [0.1, 0.15) is 40.0 Å². The van der Waals surface area contributed by atoms with Gasteiger partial charge in [0.05, 0.1) is 0 Å². The lowest BCUT2D eigenvalue weighted by Gasteiger charge is -2.47. The second-order valence-corrected chi connectivity index (χ2v) is 6.43. The van der Waals surface area contributed by atoms with Crippen molar-refractivity contribution < 1.29 is 0 Å². The highest BCUT2D eigenvalue weighted by Gasteiger charge is 2.36.